The third kappa shape index (κ3) is 2150. The molecule has 0 aromatic rings. The van der Waals surface area contributed by atoms with Gasteiger partial charge in [-0.05, 0) is 0 Å². The number of hydrogen-bond acceptors (Lipinski definition) is 3. The van der Waals surface area contributed by atoms with Crippen LogP contribution in [0.1, 0.15) is 0 Å². The molecular formula is CH6N2NaO4P. The van der Waals surface area contributed by atoms with E-state index in [2.05, 4.69) is 5.73 Å². The van der Waals surface area contributed by atoms with Gasteiger partial charge in [-0.15, -0.1) is 0 Å². The van der Waals surface area contributed by atoms with E-state index in [4.69, 9.17) is 24.5 Å². The molecular weight excluding hydrogens is 158 g/mol. The van der Waals surface area contributed by atoms with Crippen molar-refractivity contribution in [3.05, 3.63) is 0 Å². The molecule has 50 valence electrons. The van der Waals surface area contributed by atoms with Crippen molar-refractivity contribution in [3.8, 4) is 6.19 Å². The first-order chi connectivity index (χ1) is 3.41. The molecule has 8 heteroatoms. The van der Waals surface area contributed by atoms with Gasteiger partial charge in [0.05, 0.1) is 0 Å². The number of hydrogen-bond donors (Lipinski definition) is 4. The van der Waals surface area contributed by atoms with Gasteiger partial charge in [-0.25, -0.2) is 4.57 Å². The molecule has 0 aromatic carbocycles. The van der Waals surface area contributed by atoms with Gasteiger partial charge in [0, 0.05) is 0 Å². The van der Waals surface area contributed by atoms with E-state index in [0.29, 0.717) is 0 Å². The molecule has 0 bridgehead atoms. The first-order valence-corrected chi connectivity index (χ1v) is 2.86. The van der Waals surface area contributed by atoms with Gasteiger partial charge in [-0.1, -0.05) is 0 Å². The van der Waals surface area contributed by atoms with E-state index in [-0.39, 0.29) is 29.6 Å². The topological polar surface area (TPSA) is 128 Å². The molecule has 9 heavy (non-hydrogen) atoms. The van der Waals surface area contributed by atoms with Crippen LogP contribution in [0.25, 0.3) is 0 Å². The van der Waals surface area contributed by atoms with Crippen molar-refractivity contribution in [1.29, 1.82) is 5.26 Å². The molecule has 0 aliphatic carbocycles. The van der Waals surface area contributed by atoms with Crippen LogP contribution in [0, 0.1) is 11.5 Å². The summed E-state index contributed by atoms with van der Waals surface area (Å²) in [6.45, 7) is 0. The minimum absolute atomic E-state index is 0. The first-order valence-electron chi connectivity index (χ1n) is 1.29. The molecule has 0 aliphatic heterocycles. The van der Waals surface area contributed by atoms with Crippen molar-refractivity contribution in [2.75, 3.05) is 0 Å². The number of phosphoric acid groups is 1. The molecule has 5 N–H and O–H groups in total. The summed E-state index contributed by atoms with van der Waals surface area (Å²) in [5.74, 6) is 0. The molecule has 0 atom stereocenters. The van der Waals surface area contributed by atoms with Gasteiger partial charge in [0.25, 0.3) is 0 Å². The summed E-state index contributed by atoms with van der Waals surface area (Å²) in [5.41, 5.74) is 4.15. The van der Waals surface area contributed by atoms with E-state index in [1.165, 1.54) is 6.19 Å². The van der Waals surface area contributed by atoms with E-state index in [9.17, 15) is 0 Å². The number of nitrogens with two attached hydrogens (primary N) is 1. The van der Waals surface area contributed by atoms with E-state index >= 15 is 0 Å². The standard InChI is InChI=1S/CH2N2.Na.H3O4P.H/c2-1-3;;1-5(2,3)4;/h2H2;;(H3,1,2,3,4);. The van der Waals surface area contributed by atoms with Crippen LogP contribution in [0.5, 0.6) is 0 Å². The average molecular weight is 164 g/mol. The second-order valence-corrected chi connectivity index (χ2v) is 1.67. The molecule has 0 fully saturated rings. The SMILES string of the molecule is N#CN.O=P(O)(O)O.[NaH]. The van der Waals surface area contributed by atoms with Crippen molar-refractivity contribution < 1.29 is 19.2 Å². The van der Waals surface area contributed by atoms with Crippen LogP contribution in [-0.2, 0) is 4.57 Å². The van der Waals surface area contributed by atoms with Gasteiger partial charge in [0.15, 0.2) is 6.19 Å². The number of rotatable bonds is 0. The second-order valence-electron chi connectivity index (χ2n) is 0.642. The number of nitrogens with zero attached hydrogens (tertiary/aromatic N) is 1. The summed E-state index contributed by atoms with van der Waals surface area (Å²) in [7, 11) is -4.64. The summed E-state index contributed by atoms with van der Waals surface area (Å²) in [4.78, 5) is 21.6. The van der Waals surface area contributed by atoms with Gasteiger partial charge >= 0.3 is 37.4 Å². The Labute approximate surface area is 73.8 Å². The maximum absolute atomic E-state index is 8.88. The van der Waals surface area contributed by atoms with Crippen LogP contribution in [0.15, 0.2) is 0 Å². The van der Waals surface area contributed by atoms with Gasteiger partial charge in [0.2, 0.25) is 0 Å². The summed E-state index contributed by atoms with van der Waals surface area (Å²) >= 11 is 0. The Bertz CT molecular complexity index is 117. The Balaban J connectivity index is -0.0000000800. The molecule has 0 saturated heterocycles. The van der Waals surface area contributed by atoms with Gasteiger partial charge in [-0.3, -0.25) is 0 Å². The molecule has 0 amide bonds. The van der Waals surface area contributed by atoms with E-state index in [0.717, 1.165) is 0 Å². The Morgan fingerprint density at radius 3 is 1.44 bits per heavy atom. The fraction of sp³-hybridized carbons (Fsp3) is 0. The van der Waals surface area contributed by atoms with Crippen molar-refractivity contribution in [2.45, 2.75) is 0 Å². The van der Waals surface area contributed by atoms with Crippen molar-refractivity contribution in [2.24, 2.45) is 5.73 Å². The maximum atomic E-state index is 8.88. The molecule has 0 unspecified atom stereocenters. The Morgan fingerprint density at radius 1 is 1.44 bits per heavy atom. The van der Waals surface area contributed by atoms with Crippen LogP contribution in [-0.4, -0.2) is 44.2 Å². The van der Waals surface area contributed by atoms with Crippen molar-refractivity contribution >= 4 is 37.4 Å². The Morgan fingerprint density at radius 2 is 1.44 bits per heavy atom. The minimum atomic E-state index is -4.64. The van der Waals surface area contributed by atoms with Crippen LogP contribution < -0.4 is 5.73 Å². The molecule has 0 radical (unpaired) electrons. The second kappa shape index (κ2) is 8.40. The fourth-order valence-electron chi connectivity index (χ4n) is 0. The molecule has 0 heterocycles. The predicted molar refractivity (Wildman–Crippen MR) is 31.2 cm³/mol. The molecule has 0 spiro atoms. The monoisotopic (exact) mass is 164 g/mol. The first kappa shape index (κ1) is 16.2. The normalized spacial score (nSPS) is 7.33. The number of nitriles is 1. The van der Waals surface area contributed by atoms with Crippen LogP contribution >= 0.6 is 7.82 Å². The van der Waals surface area contributed by atoms with Gasteiger partial charge < -0.3 is 20.4 Å². The zero-order chi connectivity index (χ0) is 7.21. The Hall–Kier alpha value is 0.400. The van der Waals surface area contributed by atoms with Crippen LogP contribution in [0.2, 0.25) is 0 Å². The van der Waals surface area contributed by atoms with Crippen LogP contribution in [0.3, 0.4) is 0 Å². The summed E-state index contributed by atoms with van der Waals surface area (Å²) in [6, 6.07) is 0. The Kier molecular flexibility index (Phi) is 15.1. The molecule has 6 nitrogen and oxygen atoms in total. The van der Waals surface area contributed by atoms with Crippen LogP contribution in [0.4, 0.5) is 0 Å². The zero-order valence-electron chi connectivity index (χ0n) is 3.72. The third-order valence-corrected chi connectivity index (χ3v) is 0. The van der Waals surface area contributed by atoms with E-state index < -0.39 is 7.82 Å². The van der Waals surface area contributed by atoms with E-state index in [1.807, 2.05) is 0 Å². The third-order valence-electron chi connectivity index (χ3n) is 0. The molecule has 0 rings (SSSR count). The summed E-state index contributed by atoms with van der Waals surface area (Å²) < 4.78 is 8.88. The zero-order valence-corrected chi connectivity index (χ0v) is 4.62. The quantitative estimate of drug-likeness (QED) is 0.140. The molecule has 0 aliphatic rings. The molecule has 0 saturated carbocycles. The van der Waals surface area contributed by atoms with E-state index in [1.54, 1.807) is 0 Å². The average Bonchev–Trinajstić information content (AvgIpc) is 1.27. The van der Waals surface area contributed by atoms with Crippen molar-refractivity contribution in [1.82, 2.24) is 0 Å². The summed E-state index contributed by atoms with van der Waals surface area (Å²) in [6.07, 6.45) is 1.25. The van der Waals surface area contributed by atoms with Gasteiger partial charge in [0.1, 0.15) is 0 Å². The molecule has 0 aromatic heterocycles. The summed E-state index contributed by atoms with van der Waals surface area (Å²) in [5, 5.41) is 7.10. The van der Waals surface area contributed by atoms with Crippen molar-refractivity contribution in [3.63, 3.8) is 0 Å². The fourth-order valence-corrected chi connectivity index (χ4v) is 0. The predicted octanol–water partition coefficient (Wildman–Crippen LogP) is -2.15. The van der Waals surface area contributed by atoms with Gasteiger partial charge in [-0.2, -0.15) is 5.26 Å².